The quantitative estimate of drug-likeness (QED) is 0.626. The van der Waals surface area contributed by atoms with E-state index in [2.05, 4.69) is 20.9 Å². The summed E-state index contributed by atoms with van der Waals surface area (Å²) >= 11 is 3.32. The van der Waals surface area contributed by atoms with E-state index in [1.54, 1.807) is 6.20 Å². The Morgan fingerprint density at radius 1 is 0.941 bits per heavy atom. The molecule has 1 aromatic heterocycles. The molecule has 1 heterocycles. The molecule has 0 N–H and O–H groups in total. The van der Waals surface area contributed by atoms with Gasteiger partial charge in [-0.1, -0.05) is 18.2 Å². The van der Waals surface area contributed by atoms with Crippen LogP contribution in [0.25, 0.3) is 0 Å². The fraction of sp³-hybridized carbons (Fsp3) is 0.154. The summed E-state index contributed by atoms with van der Waals surface area (Å²) in [4.78, 5) is 4.07. The summed E-state index contributed by atoms with van der Waals surface area (Å²) in [6.07, 6.45) is 1.71. The van der Waals surface area contributed by atoms with Crippen molar-refractivity contribution in [3.8, 4) is 11.5 Å². The third kappa shape index (κ3) is 3.75. The SMILES string of the molecule is Brc1ncccc1OCCOc1ccccc1. The molecular weight excluding hydrogens is 282 g/mol. The van der Waals surface area contributed by atoms with Gasteiger partial charge in [0.25, 0.3) is 0 Å². The molecule has 17 heavy (non-hydrogen) atoms. The van der Waals surface area contributed by atoms with Crippen molar-refractivity contribution >= 4 is 15.9 Å². The van der Waals surface area contributed by atoms with Crippen molar-refractivity contribution in [3.63, 3.8) is 0 Å². The monoisotopic (exact) mass is 293 g/mol. The lowest BCUT2D eigenvalue weighted by Crippen LogP contribution is -2.09. The molecule has 0 radical (unpaired) electrons. The third-order valence-corrected chi connectivity index (χ3v) is 2.67. The minimum Gasteiger partial charge on any atom is -0.490 e. The first-order valence-electron chi connectivity index (χ1n) is 5.27. The fourth-order valence-electron chi connectivity index (χ4n) is 1.31. The average Bonchev–Trinajstić information content (AvgIpc) is 2.38. The van der Waals surface area contributed by atoms with Crippen molar-refractivity contribution in [2.24, 2.45) is 0 Å². The Hall–Kier alpha value is -1.55. The molecule has 0 aliphatic carbocycles. The summed E-state index contributed by atoms with van der Waals surface area (Å²) in [6.45, 7) is 0.991. The van der Waals surface area contributed by atoms with Gasteiger partial charge in [0.15, 0.2) is 5.75 Å². The molecule has 2 rings (SSSR count). The fourth-order valence-corrected chi connectivity index (χ4v) is 1.67. The summed E-state index contributed by atoms with van der Waals surface area (Å²) < 4.78 is 11.7. The first-order chi connectivity index (χ1) is 8.36. The van der Waals surface area contributed by atoms with E-state index in [1.807, 2.05) is 42.5 Å². The van der Waals surface area contributed by atoms with E-state index in [0.717, 1.165) is 11.5 Å². The topological polar surface area (TPSA) is 31.4 Å². The van der Waals surface area contributed by atoms with Crippen molar-refractivity contribution in [2.45, 2.75) is 0 Å². The van der Waals surface area contributed by atoms with Crippen LogP contribution in [0.1, 0.15) is 0 Å². The van der Waals surface area contributed by atoms with Crippen molar-refractivity contribution in [1.29, 1.82) is 0 Å². The number of benzene rings is 1. The Bertz CT molecular complexity index is 462. The highest BCUT2D eigenvalue weighted by molar-refractivity contribution is 9.10. The molecule has 0 unspecified atom stereocenters. The summed E-state index contributed by atoms with van der Waals surface area (Å²) in [5.41, 5.74) is 0. The van der Waals surface area contributed by atoms with Crippen LogP contribution in [0.4, 0.5) is 0 Å². The molecule has 0 saturated heterocycles. The van der Waals surface area contributed by atoms with Crippen LogP contribution in [-0.4, -0.2) is 18.2 Å². The highest BCUT2D eigenvalue weighted by Crippen LogP contribution is 2.20. The molecule has 2 aromatic rings. The van der Waals surface area contributed by atoms with E-state index < -0.39 is 0 Å². The van der Waals surface area contributed by atoms with Crippen LogP contribution in [0.3, 0.4) is 0 Å². The van der Waals surface area contributed by atoms with E-state index in [4.69, 9.17) is 9.47 Å². The average molecular weight is 294 g/mol. The van der Waals surface area contributed by atoms with Crippen LogP contribution in [0.15, 0.2) is 53.3 Å². The summed E-state index contributed by atoms with van der Waals surface area (Å²) in [6, 6.07) is 13.4. The summed E-state index contributed by atoms with van der Waals surface area (Å²) in [5, 5.41) is 0. The van der Waals surface area contributed by atoms with E-state index >= 15 is 0 Å². The number of nitrogens with zero attached hydrogens (tertiary/aromatic N) is 1. The van der Waals surface area contributed by atoms with Gasteiger partial charge in [-0.25, -0.2) is 4.98 Å². The van der Waals surface area contributed by atoms with Crippen LogP contribution in [0.5, 0.6) is 11.5 Å². The number of pyridine rings is 1. The molecule has 0 spiro atoms. The molecule has 0 aliphatic rings. The van der Waals surface area contributed by atoms with Gasteiger partial charge in [-0.2, -0.15) is 0 Å². The standard InChI is InChI=1S/C13H12BrNO2/c14-13-12(7-4-8-15-13)17-10-9-16-11-5-2-1-3-6-11/h1-8H,9-10H2. The zero-order chi connectivity index (χ0) is 11.9. The Morgan fingerprint density at radius 2 is 1.71 bits per heavy atom. The molecule has 0 bridgehead atoms. The normalized spacial score (nSPS) is 9.94. The van der Waals surface area contributed by atoms with Crippen LogP contribution in [0.2, 0.25) is 0 Å². The van der Waals surface area contributed by atoms with Gasteiger partial charge in [0.2, 0.25) is 0 Å². The molecule has 0 saturated carbocycles. The minimum absolute atomic E-state index is 0.485. The summed E-state index contributed by atoms with van der Waals surface area (Å²) in [7, 11) is 0. The van der Waals surface area contributed by atoms with Gasteiger partial charge in [0.1, 0.15) is 23.6 Å². The van der Waals surface area contributed by atoms with Crippen molar-refractivity contribution < 1.29 is 9.47 Å². The minimum atomic E-state index is 0.485. The molecule has 0 fully saturated rings. The number of aromatic nitrogens is 1. The van der Waals surface area contributed by atoms with E-state index in [0.29, 0.717) is 17.8 Å². The Morgan fingerprint density at radius 3 is 2.47 bits per heavy atom. The molecule has 4 heteroatoms. The Kier molecular flexibility index (Phi) is 4.38. The Balaban J connectivity index is 1.76. The molecule has 88 valence electrons. The molecule has 0 amide bonds. The lowest BCUT2D eigenvalue weighted by Gasteiger charge is -2.08. The van der Waals surface area contributed by atoms with Crippen LogP contribution >= 0.6 is 15.9 Å². The Labute approximate surface area is 109 Å². The maximum atomic E-state index is 5.52. The first-order valence-corrected chi connectivity index (χ1v) is 6.07. The third-order valence-electron chi connectivity index (χ3n) is 2.08. The highest BCUT2D eigenvalue weighted by atomic mass is 79.9. The van der Waals surface area contributed by atoms with Gasteiger partial charge in [-0.05, 0) is 40.2 Å². The second kappa shape index (κ2) is 6.25. The second-order valence-electron chi connectivity index (χ2n) is 3.30. The largest absolute Gasteiger partial charge is 0.490 e. The maximum Gasteiger partial charge on any atom is 0.152 e. The first kappa shape index (κ1) is 11.9. The van der Waals surface area contributed by atoms with Crippen LogP contribution in [0, 0.1) is 0 Å². The van der Waals surface area contributed by atoms with E-state index in [-0.39, 0.29) is 0 Å². The predicted octanol–water partition coefficient (Wildman–Crippen LogP) is 3.30. The van der Waals surface area contributed by atoms with Crippen molar-refractivity contribution in [2.75, 3.05) is 13.2 Å². The lowest BCUT2D eigenvalue weighted by atomic mass is 10.3. The van der Waals surface area contributed by atoms with Crippen LogP contribution in [-0.2, 0) is 0 Å². The number of hydrogen-bond acceptors (Lipinski definition) is 3. The van der Waals surface area contributed by atoms with Crippen molar-refractivity contribution in [1.82, 2.24) is 4.98 Å². The molecule has 0 atom stereocenters. The van der Waals surface area contributed by atoms with E-state index in [9.17, 15) is 0 Å². The number of para-hydroxylation sites is 1. The number of hydrogen-bond donors (Lipinski definition) is 0. The van der Waals surface area contributed by atoms with Gasteiger partial charge >= 0.3 is 0 Å². The number of halogens is 1. The van der Waals surface area contributed by atoms with Crippen molar-refractivity contribution in [3.05, 3.63) is 53.3 Å². The van der Waals surface area contributed by atoms with Crippen LogP contribution < -0.4 is 9.47 Å². The van der Waals surface area contributed by atoms with E-state index in [1.165, 1.54) is 0 Å². The van der Waals surface area contributed by atoms with Gasteiger partial charge in [-0.3, -0.25) is 0 Å². The zero-order valence-corrected chi connectivity index (χ0v) is 10.8. The maximum absolute atomic E-state index is 5.52. The smallest absolute Gasteiger partial charge is 0.152 e. The van der Waals surface area contributed by atoms with Gasteiger partial charge in [0.05, 0.1) is 0 Å². The molecule has 0 aliphatic heterocycles. The molecule has 3 nitrogen and oxygen atoms in total. The zero-order valence-electron chi connectivity index (χ0n) is 9.17. The van der Waals surface area contributed by atoms with Gasteiger partial charge < -0.3 is 9.47 Å². The summed E-state index contributed by atoms with van der Waals surface area (Å²) in [5.74, 6) is 1.57. The predicted molar refractivity (Wildman–Crippen MR) is 69.4 cm³/mol. The second-order valence-corrected chi connectivity index (χ2v) is 4.05. The lowest BCUT2D eigenvalue weighted by molar-refractivity contribution is 0.215. The van der Waals surface area contributed by atoms with Gasteiger partial charge in [-0.15, -0.1) is 0 Å². The molecule has 1 aromatic carbocycles. The van der Waals surface area contributed by atoms with Gasteiger partial charge in [0, 0.05) is 6.20 Å². The molecular formula is C13H12BrNO2. The number of ether oxygens (including phenoxy) is 2. The number of rotatable bonds is 5. The highest BCUT2D eigenvalue weighted by Gasteiger charge is 2.00.